The highest BCUT2D eigenvalue weighted by atomic mass is 32.2. The second-order valence-electron chi connectivity index (χ2n) is 7.35. The van der Waals surface area contributed by atoms with E-state index in [9.17, 15) is 8.78 Å². The van der Waals surface area contributed by atoms with Crippen LogP contribution in [0.2, 0.25) is 0 Å². The van der Waals surface area contributed by atoms with Gasteiger partial charge in [0.25, 0.3) is 0 Å². The number of aryl methyl sites for hydroxylation is 2. The molecule has 0 atom stereocenters. The molecule has 0 bridgehead atoms. The van der Waals surface area contributed by atoms with E-state index in [1.54, 1.807) is 35.7 Å². The van der Waals surface area contributed by atoms with Crippen molar-refractivity contribution in [3.05, 3.63) is 83.4 Å². The lowest BCUT2D eigenvalue weighted by molar-refractivity contribution is 0.629. The molecular formula is C26H22F2S2. The smallest absolute Gasteiger partial charge is 0.131 e. The summed E-state index contributed by atoms with van der Waals surface area (Å²) in [6.45, 7) is 3.78. The third kappa shape index (κ3) is 3.63. The predicted molar refractivity (Wildman–Crippen MR) is 128 cm³/mol. The summed E-state index contributed by atoms with van der Waals surface area (Å²) in [4.78, 5) is 2.06. The minimum Gasteiger partial charge on any atom is -0.206 e. The lowest BCUT2D eigenvalue weighted by Gasteiger charge is -2.17. The third-order valence-electron chi connectivity index (χ3n) is 5.34. The fraction of sp³-hybridized carbons (Fsp3) is 0.154. The van der Waals surface area contributed by atoms with Gasteiger partial charge < -0.3 is 0 Å². The molecule has 0 aromatic heterocycles. The second-order valence-corrected chi connectivity index (χ2v) is 8.99. The van der Waals surface area contributed by atoms with Gasteiger partial charge in [-0.2, -0.15) is 0 Å². The summed E-state index contributed by atoms with van der Waals surface area (Å²) in [5, 5.41) is 2.11. The van der Waals surface area contributed by atoms with Crippen molar-refractivity contribution in [2.24, 2.45) is 0 Å². The molecule has 0 saturated carbocycles. The Kier molecular flexibility index (Phi) is 5.90. The molecule has 4 rings (SSSR count). The average Bonchev–Trinajstić information content (AvgIpc) is 2.72. The normalized spacial score (nSPS) is 11.3. The topological polar surface area (TPSA) is 0 Å². The van der Waals surface area contributed by atoms with Crippen molar-refractivity contribution in [2.75, 3.05) is 12.5 Å². The van der Waals surface area contributed by atoms with Crippen LogP contribution < -0.4 is 0 Å². The maximum Gasteiger partial charge on any atom is 0.131 e. The van der Waals surface area contributed by atoms with Crippen molar-refractivity contribution in [3.8, 4) is 22.3 Å². The van der Waals surface area contributed by atoms with Gasteiger partial charge in [-0.25, -0.2) is 8.78 Å². The van der Waals surface area contributed by atoms with Crippen LogP contribution in [0.3, 0.4) is 0 Å². The first kappa shape index (κ1) is 21.0. The van der Waals surface area contributed by atoms with Crippen molar-refractivity contribution in [1.29, 1.82) is 0 Å². The minimum absolute atomic E-state index is 0.215. The van der Waals surface area contributed by atoms with Crippen LogP contribution in [0.4, 0.5) is 8.78 Å². The SMILES string of the molecule is CSc1c(-c2ccc(C)cc2F)ccc2c(SC)c(-c3ccc(C)cc3F)ccc12. The Bertz CT molecular complexity index is 1160. The molecule has 0 spiro atoms. The molecule has 0 aliphatic heterocycles. The van der Waals surface area contributed by atoms with Gasteiger partial charge in [-0.1, -0.05) is 48.5 Å². The molecule has 0 fully saturated rings. The van der Waals surface area contributed by atoms with Gasteiger partial charge in [-0.05, 0) is 71.5 Å². The van der Waals surface area contributed by atoms with Gasteiger partial charge in [0, 0.05) is 20.9 Å². The molecule has 0 unspecified atom stereocenters. The van der Waals surface area contributed by atoms with Gasteiger partial charge in [0.1, 0.15) is 11.6 Å². The molecule has 152 valence electrons. The van der Waals surface area contributed by atoms with E-state index in [4.69, 9.17) is 0 Å². The molecule has 0 aliphatic carbocycles. The number of rotatable bonds is 4. The largest absolute Gasteiger partial charge is 0.206 e. The van der Waals surface area contributed by atoms with Gasteiger partial charge in [0.05, 0.1) is 0 Å². The molecule has 0 saturated heterocycles. The van der Waals surface area contributed by atoms with E-state index in [2.05, 4.69) is 0 Å². The van der Waals surface area contributed by atoms with E-state index >= 15 is 0 Å². The maximum absolute atomic E-state index is 14.7. The zero-order valence-corrected chi connectivity index (χ0v) is 19.0. The highest BCUT2D eigenvalue weighted by Crippen LogP contribution is 2.43. The first-order valence-corrected chi connectivity index (χ1v) is 12.1. The van der Waals surface area contributed by atoms with Gasteiger partial charge in [-0.3, -0.25) is 0 Å². The van der Waals surface area contributed by atoms with E-state index < -0.39 is 0 Å². The quantitative estimate of drug-likeness (QED) is 0.294. The van der Waals surface area contributed by atoms with E-state index in [1.807, 2.05) is 74.9 Å². The van der Waals surface area contributed by atoms with Crippen LogP contribution in [0.25, 0.3) is 33.0 Å². The fourth-order valence-corrected chi connectivity index (χ4v) is 5.48. The molecule has 0 aliphatic rings. The zero-order chi connectivity index (χ0) is 21.4. The maximum atomic E-state index is 14.7. The van der Waals surface area contributed by atoms with Crippen LogP contribution in [-0.2, 0) is 0 Å². The molecule has 0 amide bonds. The Morgan fingerprint density at radius 2 is 0.900 bits per heavy atom. The van der Waals surface area contributed by atoms with Crippen molar-refractivity contribution >= 4 is 34.3 Å². The number of hydrogen-bond donors (Lipinski definition) is 0. The van der Waals surface area contributed by atoms with Gasteiger partial charge in [0.2, 0.25) is 0 Å². The average molecular weight is 437 g/mol. The highest BCUT2D eigenvalue weighted by Gasteiger charge is 2.17. The van der Waals surface area contributed by atoms with Crippen LogP contribution in [0, 0.1) is 25.5 Å². The number of hydrogen-bond acceptors (Lipinski definition) is 2. The standard InChI is InChI=1S/C26H22F2S2/c1-15-5-7-17(23(27)13-15)19-9-11-22-21(25(19)29-3)12-10-20(26(22)30-4)18-8-6-16(2)14-24(18)28/h5-14H,1-4H3. The van der Waals surface area contributed by atoms with Crippen molar-refractivity contribution in [3.63, 3.8) is 0 Å². The van der Waals surface area contributed by atoms with E-state index in [0.29, 0.717) is 11.1 Å². The van der Waals surface area contributed by atoms with Crippen LogP contribution in [0.1, 0.15) is 11.1 Å². The van der Waals surface area contributed by atoms with Crippen LogP contribution in [0.5, 0.6) is 0 Å². The molecule has 30 heavy (non-hydrogen) atoms. The first-order chi connectivity index (χ1) is 14.4. The Morgan fingerprint density at radius 1 is 0.533 bits per heavy atom. The van der Waals surface area contributed by atoms with Gasteiger partial charge >= 0.3 is 0 Å². The minimum atomic E-state index is -0.215. The van der Waals surface area contributed by atoms with Crippen LogP contribution >= 0.6 is 23.5 Å². The molecule has 4 aromatic carbocycles. The molecule has 0 nitrogen and oxygen atoms in total. The summed E-state index contributed by atoms with van der Waals surface area (Å²) in [7, 11) is 0. The summed E-state index contributed by atoms with van der Waals surface area (Å²) in [5.74, 6) is -0.429. The molecule has 0 N–H and O–H groups in total. The third-order valence-corrected chi connectivity index (χ3v) is 7.04. The Hall–Kier alpha value is -2.30. The monoisotopic (exact) mass is 436 g/mol. The van der Waals surface area contributed by atoms with E-state index in [-0.39, 0.29) is 11.6 Å². The molecular weight excluding hydrogens is 414 g/mol. The van der Waals surface area contributed by atoms with E-state index in [0.717, 1.165) is 42.8 Å². The Balaban J connectivity index is 1.98. The number of thioether (sulfide) groups is 2. The predicted octanol–water partition coefficient (Wildman–Crippen LogP) is 8.51. The Morgan fingerprint density at radius 3 is 1.23 bits per heavy atom. The van der Waals surface area contributed by atoms with Crippen molar-refractivity contribution in [2.45, 2.75) is 23.6 Å². The number of benzene rings is 4. The first-order valence-electron chi connectivity index (χ1n) is 9.65. The van der Waals surface area contributed by atoms with Crippen molar-refractivity contribution in [1.82, 2.24) is 0 Å². The van der Waals surface area contributed by atoms with E-state index in [1.165, 1.54) is 0 Å². The van der Waals surface area contributed by atoms with Gasteiger partial charge in [0.15, 0.2) is 0 Å². The van der Waals surface area contributed by atoms with Crippen LogP contribution in [-0.4, -0.2) is 12.5 Å². The second kappa shape index (κ2) is 8.44. The molecule has 4 heteroatoms. The summed E-state index contributed by atoms with van der Waals surface area (Å²) in [6.07, 6.45) is 4.02. The summed E-state index contributed by atoms with van der Waals surface area (Å²) < 4.78 is 29.4. The fourth-order valence-electron chi connectivity index (χ4n) is 3.89. The van der Waals surface area contributed by atoms with Crippen LogP contribution in [0.15, 0.2) is 70.5 Å². The van der Waals surface area contributed by atoms with Gasteiger partial charge in [-0.15, -0.1) is 23.5 Å². The zero-order valence-electron chi connectivity index (χ0n) is 17.3. The lowest BCUT2D eigenvalue weighted by Crippen LogP contribution is -1.93. The molecule has 0 radical (unpaired) electrons. The van der Waals surface area contributed by atoms with Crippen molar-refractivity contribution < 1.29 is 8.78 Å². The highest BCUT2D eigenvalue weighted by molar-refractivity contribution is 7.99. The molecule has 0 heterocycles. The summed E-state index contributed by atoms with van der Waals surface area (Å²) in [6, 6.07) is 18.7. The summed E-state index contributed by atoms with van der Waals surface area (Å²) >= 11 is 3.22. The summed E-state index contributed by atoms with van der Waals surface area (Å²) in [5.41, 5.74) is 4.77. The molecule has 4 aromatic rings. The lowest BCUT2D eigenvalue weighted by atomic mass is 9.96. The Labute approximate surface area is 184 Å². The number of fused-ring (bicyclic) bond motifs is 1. The number of halogens is 2.